The Hall–Kier alpha value is -3.33. The molecule has 0 aliphatic rings. The summed E-state index contributed by atoms with van der Waals surface area (Å²) in [6.45, 7) is 3.12. The largest absolute Gasteiger partial charge is 0.320 e. The predicted molar refractivity (Wildman–Crippen MR) is 107 cm³/mol. The van der Waals surface area contributed by atoms with Crippen LogP contribution in [-0.2, 0) is 9.84 Å². The number of para-hydroxylation sites is 1. The highest BCUT2D eigenvalue weighted by Crippen LogP contribution is 2.16. The Morgan fingerprint density at radius 3 is 2.41 bits per heavy atom. The molecule has 3 rings (SSSR count). The maximum Gasteiger partial charge on any atom is 0.280 e. The summed E-state index contributed by atoms with van der Waals surface area (Å²) in [6, 6.07) is 12.6. The van der Waals surface area contributed by atoms with E-state index < -0.39 is 32.7 Å². The van der Waals surface area contributed by atoms with E-state index in [2.05, 4.69) is 10.4 Å². The second-order valence-corrected chi connectivity index (χ2v) is 8.52. The van der Waals surface area contributed by atoms with E-state index in [0.717, 1.165) is 0 Å². The van der Waals surface area contributed by atoms with Gasteiger partial charge in [0.25, 0.3) is 5.91 Å². The number of anilines is 1. The number of aromatic nitrogens is 2. The summed E-state index contributed by atoms with van der Waals surface area (Å²) in [4.78, 5) is 24.9. The molecule has 29 heavy (non-hydrogen) atoms. The molecule has 1 heterocycles. The van der Waals surface area contributed by atoms with Gasteiger partial charge < -0.3 is 5.32 Å². The van der Waals surface area contributed by atoms with Gasteiger partial charge in [-0.2, -0.15) is 5.10 Å². The first kappa shape index (κ1) is 20.4. The molecule has 7 nitrogen and oxygen atoms in total. The minimum Gasteiger partial charge on any atom is -0.320 e. The maximum absolute atomic E-state index is 14.1. The zero-order valence-electron chi connectivity index (χ0n) is 15.7. The number of sulfone groups is 1. The lowest BCUT2D eigenvalue weighted by Crippen LogP contribution is -2.27. The molecule has 0 spiro atoms. The molecule has 0 aliphatic heterocycles. The van der Waals surface area contributed by atoms with Gasteiger partial charge in [0.05, 0.1) is 10.6 Å². The average molecular weight is 415 g/mol. The van der Waals surface area contributed by atoms with Crippen LogP contribution in [0.2, 0.25) is 0 Å². The first-order valence-corrected chi connectivity index (χ1v) is 10.4. The molecule has 1 N–H and O–H groups in total. The van der Waals surface area contributed by atoms with Crippen LogP contribution < -0.4 is 10.7 Å². The van der Waals surface area contributed by atoms with E-state index in [0.29, 0.717) is 11.4 Å². The van der Waals surface area contributed by atoms with Gasteiger partial charge in [0.15, 0.2) is 15.5 Å². The fraction of sp³-hybridized carbons (Fsp3) is 0.150. The molecule has 0 fully saturated rings. The second kappa shape index (κ2) is 7.96. The van der Waals surface area contributed by atoms with Gasteiger partial charge in [-0.05, 0) is 43.3 Å². The zero-order chi connectivity index (χ0) is 21.2. The molecule has 0 saturated carbocycles. The number of hydrogen-bond acceptors (Lipinski definition) is 5. The molecule has 1 aromatic heterocycles. The molecule has 0 atom stereocenters. The van der Waals surface area contributed by atoms with E-state index in [4.69, 9.17) is 0 Å². The van der Waals surface area contributed by atoms with Gasteiger partial charge in [0.2, 0.25) is 5.43 Å². The molecule has 0 radical (unpaired) electrons. The van der Waals surface area contributed by atoms with E-state index in [1.807, 2.05) is 0 Å². The number of carbonyl (C=O) groups is 1. The average Bonchev–Trinajstić information content (AvgIpc) is 2.69. The van der Waals surface area contributed by atoms with E-state index in [1.54, 1.807) is 13.0 Å². The third-order valence-electron chi connectivity index (χ3n) is 4.25. The minimum atomic E-state index is -3.36. The minimum absolute atomic E-state index is 0.0401. The van der Waals surface area contributed by atoms with E-state index in [9.17, 15) is 22.4 Å². The third-order valence-corrected chi connectivity index (χ3v) is 6.00. The van der Waals surface area contributed by atoms with Crippen molar-refractivity contribution < 1.29 is 17.6 Å². The number of rotatable bonds is 5. The number of halogens is 1. The first-order valence-electron chi connectivity index (χ1n) is 8.73. The van der Waals surface area contributed by atoms with Gasteiger partial charge in [-0.25, -0.2) is 17.5 Å². The molecule has 1 amide bonds. The topological polar surface area (TPSA) is 98.1 Å². The SMILES string of the molecule is CCS(=O)(=O)c1ccc(NC(=O)c2nn(-c3ccccc3F)c(C)cc2=O)cc1. The van der Waals surface area contributed by atoms with Gasteiger partial charge in [0.1, 0.15) is 11.5 Å². The molecule has 0 unspecified atom stereocenters. The second-order valence-electron chi connectivity index (χ2n) is 6.24. The molecule has 3 aromatic rings. The third kappa shape index (κ3) is 4.24. The standard InChI is InChI=1S/C20H18FN3O4S/c1-3-29(27,28)15-10-8-14(9-11-15)22-20(26)19-18(25)12-13(2)24(23-19)17-7-5-4-6-16(17)21/h4-12H,3H2,1-2H3,(H,22,26). The summed E-state index contributed by atoms with van der Waals surface area (Å²) < 4.78 is 39.0. The summed E-state index contributed by atoms with van der Waals surface area (Å²) in [5.74, 6) is -1.38. The summed E-state index contributed by atoms with van der Waals surface area (Å²) in [6.07, 6.45) is 0. The predicted octanol–water partition coefficient (Wildman–Crippen LogP) is 2.73. The van der Waals surface area contributed by atoms with Crippen LogP contribution >= 0.6 is 0 Å². The van der Waals surface area contributed by atoms with Crippen LogP contribution in [0.15, 0.2) is 64.3 Å². The van der Waals surface area contributed by atoms with Crippen LogP contribution in [-0.4, -0.2) is 29.9 Å². The molecule has 0 aliphatic carbocycles. The smallest absolute Gasteiger partial charge is 0.280 e. The van der Waals surface area contributed by atoms with Crippen LogP contribution in [0, 0.1) is 12.7 Å². The summed E-state index contributed by atoms with van der Waals surface area (Å²) in [5, 5.41) is 6.53. The van der Waals surface area contributed by atoms with Crippen molar-refractivity contribution >= 4 is 21.4 Å². The van der Waals surface area contributed by atoms with E-state index in [1.165, 1.54) is 60.1 Å². The van der Waals surface area contributed by atoms with Crippen molar-refractivity contribution in [2.45, 2.75) is 18.7 Å². The Morgan fingerprint density at radius 2 is 1.79 bits per heavy atom. The fourth-order valence-electron chi connectivity index (χ4n) is 2.67. The van der Waals surface area contributed by atoms with Crippen molar-refractivity contribution in [1.82, 2.24) is 9.78 Å². The quantitative estimate of drug-likeness (QED) is 0.691. The monoisotopic (exact) mass is 415 g/mol. The van der Waals surface area contributed by atoms with Crippen LogP contribution in [0.25, 0.3) is 5.69 Å². The lowest BCUT2D eigenvalue weighted by atomic mass is 10.2. The van der Waals surface area contributed by atoms with Crippen LogP contribution in [0.3, 0.4) is 0 Å². The van der Waals surface area contributed by atoms with Crippen molar-refractivity contribution in [1.29, 1.82) is 0 Å². The number of nitrogens with one attached hydrogen (secondary N) is 1. The van der Waals surface area contributed by atoms with Crippen LogP contribution in [0.4, 0.5) is 10.1 Å². The Kier molecular flexibility index (Phi) is 5.60. The Labute approximate surface area is 166 Å². The van der Waals surface area contributed by atoms with Crippen molar-refractivity contribution in [2.24, 2.45) is 0 Å². The van der Waals surface area contributed by atoms with Gasteiger partial charge in [0, 0.05) is 17.4 Å². The van der Waals surface area contributed by atoms with Gasteiger partial charge in [-0.15, -0.1) is 0 Å². The highest BCUT2D eigenvalue weighted by atomic mass is 32.2. The zero-order valence-corrected chi connectivity index (χ0v) is 16.5. The Balaban J connectivity index is 1.93. The number of nitrogens with zero attached hydrogens (tertiary/aromatic N) is 2. The van der Waals surface area contributed by atoms with E-state index in [-0.39, 0.29) is 16.3 Å². The summed E-state index contributed by atoms with van der Waals surface area (Å²) >= 11 is 0. The van der Waals surface area contributed by atoms with E-state index >= 15 is 0 Å². The number of benzene rings is 2. The van der Waals surface area contributed by atoms with Crippen molar-refractivity contribution in [3.8, 4) is 5.69 Å². The first-order chi connectivity index (χ1) is 13.7. The normalized spacial score (nSPS) is 11.3. The number of amides is 1. The summed E-state index contributed by atoms with van der Waals surface area (Å²) in [7, 11) is -3.36. The highest BCUT2D eigenvalue weighted by molar-refractivity contribution is 7.91. The molecule has 0 saturated heterocycles. The van der Waals surface area contributed by atoms with Crippen molar-refractivity contribution in [3.05, 3.63) is 82.0 Å². The number of hydrogen-bond donors (Lipinski definition) is 1. The Morgan fingerprint density at radius 1 is 1.14 bits per heavy atom. The highest BCUT2D eigenvalue weighted by Gasteiger charge is 2.17. The maximum atomic E-state index is 14.1. The van der Waals surface area contributed by atoms with Crippen molar-refractivity contribution in [3.63, 3.8) is 0 Å². The lowest BCUT2D eigenvalue weighted by molar-refractivity contribution is 0.101. The molecule has 9 heteroatoms. The lowest BCUT2D eigenvalue weighted by Gasteiger charge is -2.12. The molecule has 150 valence electrons. The molecule has 2 aromatic carbocycles. The molecular weight excluding hydrogens is 397 g/mol. The van der Waals surface area contributed by atoms with Crippen molar-refractivity contribution in [2.75, 3.05) is 11.1 Å². The van der Waals surface area contributed by atoms with Crippen LogP contribution in [0.1, 0.15) is 23.1 Å². The fourth-order valence-corrected chi connectivity index (χ4v) is 3.56. The van der Waals surface area contributed by atoms with Crippen LogP contribution in [0.5, 0.6) is 0 Å². The van der Waals surface area contributed by atoms with Gasteiger partial charge in [-0.1, -0.05) is 19.1 Å². The summed E-state index contributed by atoms with van der Waals surface area (Å²) in [5.41, 5.74) is -0.259. The number of carbonyl (C=O) groups excluding carboxylic acids is 1. The van der Waals surface area contributed by atoms with Gasteiger partial charge >= 0.3 is 0 Å². The number of aryl methyl sites for hydroxylation is 1. The Bertz CT molecular complexity index is 1240. The van der Waals surface area contributed by atoms with Gasteiger partial charge in [-0.3, -0.25) is 9.59 Å². The molecule has 0 bridgehead atoms. The molecular formula is C20H18FN3O4S.